The van der Waals surface area contributed by atoms with Crippen LogP contribution in [0.2, 0.25) is 0 Å². The molecule has 1 amide bonds. The number of hydrogen-bond donors (Lipinski definition) is 2. The summed E-state index contributed by atoms with van der Waals surface area (Å²) < 4.78 is 27.0. The number of rotatable bonds is 3. The number of carbonyl (C=O) groups excluding carboxylic acids is 1. The molecule has 1 saturated heterocycles. The summed E-state index contributed by atoms with van der Waals surface area (Å²) in [5.41, 5.74) is -0.566. The molecule has 0 aromatic heterocycles. The molecule has 2 N–H and O–H groups in total. The minimum atomic E-state index is -0.782. The number of nitrogens with one attached hydrogen (secondary N) is 2. The number of halogens is 3. The Hall–Kier alpha value is -1.01. The lowest BCUT2D eigenvalue weighted by atomic mass is 9.75. The molecule has 20 heavy (non-hydrogen) atoms. The molecular formula is C14H17BrF2N2O. The van der Waals surface area contributed by atoms with E-state index in [4.69, 9.17) is 0 Å². The summed E-state index contributed by atoms with van der Waals surface area (Å²) in [7, 11) is 0. The minimum absolute atomic E-state index is 0.0108. The van der Waals surface area contributed by atoms with Crippen LogP contribution < -0.4 is 10.6 Å². The van der Waals surface area contributed by atoms with E-state index in [9.17, 15) is 13.6 Å². The maximum absolute atomic E-state index is 13.8. The van der Waals surface area contributed by atoms with Gasteiger partial charge in [-0.05, 0) is 40.9 Å². The molecule has 1 aliphatic rings. The molecule has 0 radical (unpaired) electrons. The second kappa shape index (κ2) is 5.77. The molecule has 1 unspecified atom stereocenters. The Morgan fingerprint density at radius 1 is 1.45 bits per heavy atom. The average molecular weight is 347 g/mol. The third-order valence-corrected chi connectivity index (χ3v) is 4.62. The van der Waals surface area contributed by atoms with Gasteiger partial charge in [-0.25, -0.2) is 8.78 Å². The zero-order chi connectivity index (χ0) is 14.9. The number of anilines is 1. The summed E-state index contributed by atoms with van der Waals surface area (Å²) in [6.07, 6.45) is 0.705. The molecule has 0 aliphatic carbocycles. The molecule has 3 nitrogen and oxygen atoms in total. The van der Waals surface area contributed by atoms with Crippen molar-refractivity contribution in [2.45, 2.75) is 20.3 Å². The van der Waals surface area contributed by atoms with E-state index in [2.05, 4.69) is 26.6 Å². The topological polar surface area (TPSA) is 41.1 Å². The first-order valence-corrected chi connectivity index (χ1v) is 7.33. The van der Waals surface area contributed by atoms with Gasteiger partial charge in [-0.2, -0.15) is 0 Å². The Balaban J connectivity index is 2.28. The highest BCUT2D eigenvalue weighted by molar-refractivity contribution is 9.10. The van der Waals surface area contributed by atoms with Crippen LogP contribution in [0.15, 0.2) is 16.6 Å². The zero-order valence-corrected chi connectivity index (χ0v) is 13.0. The van der Waals surface area contributed by atoms with Crippen LogP contribution in [0.5, 0.6) is 0 Å². The van der Waals surface area contributed by atoms with E-state index in [-0.39, 0.29) is 22.0 Å². The normalized spacial score (nSPS) is 22.3. The fraction of sp³-hybridized carbons (Fsp3) is 0.500. The van der Waals surface area contributed by atoms with Crippen molar-refractivity contribution in [2.24, 2.45) is 11.3 Å². The van der Waals surface area contributed by atoms with Gasteiger partial charge < -0.3 is 10.6 Å². The fourth-order valence-corrected chi connectivity index (χ4v) is 3.07. The van der Waals surface area contributed by atoms with Crippen molar-refractivity contribution in [3.05, 3.63) is 28.2 Å². The van der Waals surface area contributed by atoms with Gasteiger partial charge in [0.1, 0.15) is 5.82 Å². The molecule has 1 aliphatic heterocycles. The van der Waals surface area contributed by atoms with Crippen molar-refractivity contribution < 1.29 is 13.6 Å². The molecule has 2 rings (SSSR count). The quantitative estimate of drug-likeness (QED) is 0.881. The molecule has 0 bridgehead atoms. The Kier molecular flexibility index (Phi) is 4.44. The van der Waals surface area contributed by atoms with Crippen molar-refractivity contribution in [1.29, 1.82) is 0 Å². The van der Waals surface area contributed by atoms with Gasteiger partial charge in [-0.3, -0.25) is 4.79 Å². The molecular weight excluding hydrogens is 330 g/mol. The van der Waals surface area contributed by atoms with Gasteiger partial charge in [-0.1, -0.05) is 13.8 Å². The number of amides is 1. The molecule has 110 valence electrons. The number of carbonyl (C=O) groups is 1. The van der Waals surface area contributed by atoms with Crippen molar-refractivity contribution in [3.63, 3.8) is 0 Å². The van der Waals surface area contributed by atoms with Crippen molar-refractivity contribution in [2.75, 3.05) is 18.4 Å². The highest BCUT2D eigenvalue weighted by atomic mass is 79.9. The van der Waals surface area contributed by atoms with E-state index in [0.29, 0.717) is 13.0 Å². The summed E-state index contributed by atoms with van der Waals surface area (Å²) in [4.78, 5) is 12.5. The first-order chi connectivity index (χ1) is 9.36. The maximum atomic E-state index is 13.8. The first kappa shape index (κ1) is 15.4. The van der Waals surface area contributed by atoms with Gasteiger partial charge in [0.05, 0.1) is 11.1 Å². The summed E-state index contributed by atoms with van der Waals surface area (Å²) in [5, 5.41) is 5.78. The molecule has 0 saturated carbocycles. The van der Waals surface area contributed by atoms with Crippen LogP contribution in [-0.4, -0.2) is 19.0 Å². The molecule has 1 aromatic carbocycles. The lowest BCUT2D eigenvalue weighted by Crippen LogP contribution is -2.42. The van der Waals surface area contributed by atoms with E-state index < -0.39 is 17.0 Å². The van der Waals surface area contributed by atoms with Crippen molar-refractivity contribution in [1.82, 2.24) is 5.32 Å². The molecule has 6 heteroatoms. The largest absolute Gasteiger partial charge is 0.322 e. The summed E-state index contributed by atoms with van der Waals surface area (Å²) in [6.45, 7) is 5.28. The van der Waals surface area contributed by atoms with E-state index >= 15 is 0 Å². The monoisotopic (exact) mass is 346 g/mol. The smallest absolute Gasteiger partial charge is 0.232 e. The van der Waals surface area contributed by atoms with E-state index in [1.165, 1.54) is 0 Å². The minimum Gasteiger partial charge on any atom is -0.322 e. The third kappa shape index (κ3) is 2.72. The molecule has 0 spiro atoms. The lowest BCUT2D eigenvalue weighted by Gasteiger charge is -2.31. The van der Waals surface area contributed by atoms with Gasteiger partial charge in [0.25, 0.3) is 0 Å². The van der Waals surface area contributed by atoms with E-state index in [0.717, 1.165) is 18.7 Å². The predicted octanol–water partition coefficient (Wildman–Crippen LogP) is 3.30. The summed E-state index contributed by atoms with van der Waals surface area (Å²) in [6, 6.07) is 1.89. The SMILES string of the molecule is CC(C)C1(C(=O)Nc2c(F)cc(F)cc2Br)CCNC1. The van der Waals surface area contributed by atoms with Crippen LogP contribution in [0.4, 0.5) is 14.5 Å². The van der Waals surface area contributed by atoms with Gasteiger partial charge in [-0.15, -0.1) is 0 Å². The number of hydrogen-bond acceptors (Lipinski definition) is 2. The van der Waals surface area contributed by atoms with Gasteiger partial charge >= 0.3 is 0 Å². The highest BCUT2D eigenvalue weighted by Gasteiger charge is 2.44. The Morgan fingerprint density at radius 2 is 2.15 bits per heavy atom. The standard InChI is InChI=1S/C14H17BrF2N2O/c1-8(2)14(3-4-18-7-14)13(20)19-12-10(15)5-9(16)6-11(12)17/h5-6,8,18H,3-4,7H2,1-2H3,(H,19,20). The first-order valence-electron chi connectivity index (χ1n) is 6.53. The Labute approximate surface area is 125 Å². The van der Waals surface area contributed by atoms with Crippen molar-refractivity contribution in [3.8, 4) is 0 Å². The van der Waals surface area contributed by atoms with Crippen LogP contribution >= 0.6 is 15.9 Å². The van der Waals surface area contributed by atoms with Crippen LogP contribution in [0.1, 0.15) is 20.3 Å². The highest BCUT2D eigenvalue weighted by Crippen LogP contribution is 2.37. The van der Waals surface area contributed by atoms with Gasteiger partial charge in [0.2, 0.25) is 5.91 Å². The molecule has 1 atom stereocenters. The molecule has 1 heterocycles. The summed E-state index contributed by atoms with van der Waals surface area (Å²) in [5.74, 6) is -1.58. The molecule has 1 fully saturated rings. The Morgan fingerprint density at radius 3 is 2.65 bits per heavy atom. The van der Waals surface area contributed by atoms with Gasteiger partial charge in [0, 0.05) is 17.1 Å². The van der Waals surface area contributed by atoms with Crippen molar-refractivity contribution >= 4 is 27.5 Å². The van der Waals surface area contributed by atoms with Crippen LogP contribution in [0, 0.1) is 23.0 Å². The second-order valence-corrected chi connectivity index (χ2v) is 6.29. The summed E-state index contributed by atoms with van der Waals surface area (Å²) >= 11 is 3.08. The van der Waals surface area contributed by atoms with Gasteiger partial charge in [0.15, 0.2) is 5.82 Å². The van der Waals surface area contributed by atoms with Crippen LogP contribution in [0.25, 0.3) is 0 Å². The van der Waals surface area contributed by atoms with Crippen LogP contribution in [-0.2, 0) is 4.79 Å². The fourth-order valence-electron chi connectivity index (χ4n) is 2.56. The average Bonchev–Trinajstić information content (AvgIpc) is 2.83. The lowest BCUT2D eigenvalue weighted by molar-refractivity contribution is -0.126. The maximum Gasteiger partial charge on any atom is 0.232 e. The van der Waals surface area contributed by atoms with E-state index in [1.807, 2.05) is 13.8 Å². The molecule has 1 aromatic rings. The second-order valence-electron chi connectivity index (χ2n) is 5.44. The Bertz CT molecular complexity index is 505. The number of benzene rings is 1. The zero-order valence-electron chi connectivity index (χ0n) is 11.4. The predicted molar refractivity (Wildman–Crippen MR) is 77.4 cm³/mol. The third-order valence-electron chi connectivity index (χ3n) is 3.99. The van der Waals surface area contributed by atoms with Crippen LogP contribution in [0.3, 0.4) is 0 Å². The van der Waals surface area contributed by atoms with E-state index in [1.54, 1.807) is 0 Å².